The lowest BCUT2D eigenvalue weighted by Crippen LogP contribution is -3.14. The van der Waals surface area contributed by atoms with Crippen molar-refractivity contribution in [3.05, 3.63) is 58.1 Å². The Hall–Kier alpha value is -2.18. The summed E-state index contributed by atoms with van der Waals surface area (Å²) in [6, 6.07) is 13.0. The number of halogens is 1. The molecule has 0 saturated heterocycles. The molecule has 2 aromatic carbocycles. The Morgan fingerprint density at radius 3 is 2.38 bits per heavy atom. The van der Waals surface area contributed by atoms with Crippen molar-refractivity contribution in [2.75, 3.05) is 24.2 Å². The molecule has 6 heteroatoms. The second-order valence-corrected chi connectivity index (χ2v) is 7.52. The number of nitrogens with one attached hydrogen (secondary N) is 3. The predicted molar refractivity (Wildman–Crippen MR) is 109 cm³/mol. The molecule has 138 valence electrons. The summed E-state index contributed by atoms with van der Waals surface area (Å²) in [6.07, 6.45) is 0. The van der Waals surface area contributed by atoms with Gasteiger partial charge >= 0.3 is 0 Å². The Kier molecular flexibility index (Phi) is 6.94. The van der Waals surface area contributed by atoms with E-state index in [4.69, 9.17) is 0 Å². The SMILES string of the molecule is Cc1ccc(C)c(NC(=O)C[NH+](C)[C@H](C)C(=O)Nc2ccc(Br)cc2)c1. The number of carbonyl (C=O) groups excluding carboxylic acids is 2. The van der Waals surface area contributed by atoms with Gasteiger partial charge in [0.2, 0.25) is 0 Å². The molecular formula is C20H25BrN3O2+. The topological polar surface area (TPSA) is 62.6 Å². The molecule has 2 aromatic rings. The Labute approximate surface area is 162 Å². The Bertz CT molecular complexity index is 790. The zero-order valence-electron chi connectivity index (χ0n) is 15.5. The van der Waals surface area contributed by atoms with Crippen molar-refractivity contribution in [3.63, 3.8) is 0 Å². The summed E-state index contributed by atoms with van der Waals surface area (Å²) in [5.74, 6) is -0.233. The highest BCUT2D eigenvalue weighted by Crippen LogP contribution is 2.16. The average Bonchev–Trinajstić information content (AvgIpc) is 2.59. The van der Waals surface area contributed by atoms with Gasteiger partial charge in [0.1, 0.15) is 0 Å². The molecule has 2 amide bonds. The maximum atomic E-state index is 12.4. The van der Waals surface area contributed by atoms with Gasteiger partial charge in [-0.3, -0.25) is 9.59 Å². The molecule has 5 nitrogen and oxygen atoms in total. The van der Waals surface area contributed by atoms with Crippen LogP contribution < -0.4 is 15.5 Å². The van der Waals surface area contributed by atoms with E-state index < -0.39 is 0 Å². The van der Waals surface area contributed by atoms with E-state index in [1.54, 1.807) is 0 Å². The van der Waals surface area contributed by atoms with Crippen molar-refractivity contribution >= 4 is 39.1 Å². The van der Waals surface area contributed by atoms with Crippen molar-refractivity contribution in [3.8, 4) is 0 Å². The van der Waals surface area contributed by atoms with Crippen LogP contribution in [0.2, 0.25) is 0 Å². The van der Waals surface area contributed by atoms with Crippen molar-refractivity contribution in [1.82, 2.24) is 0 Å². The molecule has 0 radical (unpaired) electrons. The fraction of sp³-hybridized carbons (Fsp3) is 0.300. The largest absolute Gasteiger partial charge is 0.321 e. The number of anilines is 2. The molecule has 0 aliphatic rings. The summed E-state index contributed by atoms with van der Waals surface area (Å²) < 4.78 is 0.953. The minimum absolute atomic E-state index is 0.112. The van der Waals surface area contributed by atoms with Crippen LogP contribution in [0.3, 0.4) is 0 Å². The molecule has 0 aromatic heterocycles. The molecule has 0 aliphatic carbocycles. The summed E-state index contributed by atoms with van der Waals surface area (Å²) in [4.78, 5) is 25.6. The molecule has 2 rings (SSSR count). The first-order chi connectivity index (χ1) is 12.3. The third-order valence-electron chi connectivity index (χ3n) is 4.35. The molecule has 0 spiro atoms. The van der Waals surface area contributed by atoms with Crippen LogP contribution in [0.4, 0.5) is 11.4 Å². The maximum Gasteiger partial charge on any atom is 0.282 e. The van der Waals surface area contributed by atoms with E-state index >= 15 is 0 Å². The van der Waals surface area contributed by atoms with Crippen LogP contribution in [0.1, 0.15) is 18.1 Å². The zero-order chi connectivity index (χ0) is 19.3. The number of carbonyl (C=O) groups is 2. The van der Waals surface area contributed by atoms with Crippen LogP contribution in [0.15, 0.2) is 46.9 Å². The lowest BCUT2D eigenvalue weighted by Gasteiger charge is -2.21. The van der Waals surface area contributed by atoms with Gasteiger partial charge in [0.25, 0.3) is 11.8 Å². The zero-order valence-corrected chi connectivity index (χ0v) is 17.1. The molecule has 26 heavy (non-hydrogen) atoms. The third-order valence-corrected chi connectivity index (χ3v) is 4.88. The number of quaternary nitrogens is 1. The van der Waals surface area contributed by atoms with Gasteiger partial charge in [-0.2, -0.15) is 0 Å². The van der Waals surface area contributed by atoms with Crippen LogP contribution in [0.25, 0.3) is 0 Å². The van der Waals surface area contributed by atoms with Crippen molar-refractivity contribution < 1.29 is 14.5 Å². The van der Waals surface area contributed by atoms with Gasteiger partial charge in [0, 0.05) is 15.8 Å². The normalized spacial score (nSPS) is 13.0. The Balaban J connectivity index is 1.91. The molecule has 0 heterocycles. The van der Waals surface area contributed by atoms with Gasteiger partial charge in [-0.25, -0.2) is 0 Å². The molecule has 2 atom stereocenters. The van der Waals surface area contributed by atoms with E-state index in [1.165, 1.54) is 0 Å². The first kappa shape index (κ1) is 20.1. The molecule has 3 N–H and O–H groups in total. The van der Waals surface area contributed by atoms with Crippen LogP contribution >= 0.6 is 15.9 Å². The number of aryl methyl sites for hydroxylation is 2. The second kappa shape index (κ2) is 8.96. The highest BCUT2D eigenvalue weighted by Gasteiger charge is 2.24. The van der Waals surface area contributed by atoms with Crippen LogP contribution in [-0.4, -0.2) is 31.4 Å². The van der Waals surface area contributed by atoms with E-state index in [1.807, 2.05) is 70.3 Å². The Morgan fingerprint density at radius 1 is 1.08 bits per heavy atom. The fourth-order valence-electron chi connectivity index (χ4n) is 2.48. The van der Waals surface area contributed by atoms with Gasteiger partial charge < -0.3 is 15.5 Å². The minimum Gasteiger partial charge on any atom is -0.321 e. The van der Waals surface area contributed by atoms with Gasteiger partial charge in [0.05, 0.1) is 7.05 Å². The van der Waals surface area contributed by atoms with Crippen molar-refractivity contribution in [2.45, 2.75) is 26.8 Å². The van der Waals surface area contributed by atoms with Crippen LogP contribution in [0, 0.1) is 13.8 Å². The summed E-state index contributed by atoms with van der Waals surface area (Å²) in [6.45, 7) is 5.97. The number of rotatable bonds is 6. The highest BCUT2D eigenvalue weighted by atomic mass is 79.9. The third kappa shape index (κ3) is 5.68. The van der Waals surface area contributed by atoms with Gasteiger partial charge in [-0.15, -0.1) is 0 Å². The quantitative estimate of drug-likeness (QED) is 0.674. The van der Waals surface area contributed by atoms with Gasteiger partial charge in [-0.05, 0) is 62.2 Å². The molecular weight excluding hydrogens is 394 g/mol. The molecule has 0 bridgehead atoms. The van der Waals surface area contributed by atoms with Crippen LogP contribution in [0.5, 0.6) is 0 Å². The monoisotopic (exact) mass is 418 g/mol. The van der Waals surface area contributed by atoms with E-state index in [9.17, 15) is 9.59 Å². The number of hydrogen-bond donors (Lipinski definition) is 3. The van der Waals surface area contributed by atoms with Gasteiger partial charge in [-0.1, -0.05) is 28.1 Å². The number of benzene rings is 2. The van der Waals surface area contributed by atoms with Crippen molar-refractivity contribution in [1.29, 1.82) is 0 Å². The van der Waals surface area contributed by atoms with E-state index in [0.717, 1.165) is 31.9 Å². The molecule has 1 unspecified atom stereocenters. The highest BCUT2D eigenvalue weighted by molar-refractivity contribution is 9.10. The lowest BCUT2D eigenvalue weighted by atomic mass is 10.1. The summed E-state index contributed by atoms with van der Waals surface area (Å²) in [7, 11) is 1.84. The predicted octanol–water partition coefficient (Wildman–Crippen LogP) is 2.55. The smallest absolute Gasteiger partial charge is 0.282 e. The molecule has 0 fully saturated rings. The van der Waals surface area contributed by atoms with E-state index in [0.29, 0.717) is 0 Å². The first-order valence-electron chi connectivity index (χ1n) is 8.52. The molecule has 0 saturated carbocycles. The van der Waals surface area contributed by atoms with Crippen molar-refractivity contribution in [2.24, 2.45) is 0 Å². The van der Waals surface area contributed by atoms with Gasteiger partial charge in [0.15, 0.2) is 12.6 Å². The fourth-order valence-corrected chi connectivity index (χ4v) is 2.74. The summed E-state index contributed by atoms with van der Waals surface area (Å²) in [5, 5.41) is 5.81. The minimum atomic E-state index is -0.358. The average molecular weight is 419 g/mol. The second-order valence-electron chi connectivity index (χ2n) is 6.61. The maximum absolute atomic E-state index is 12.4. The molecule has 0 aliphatic heterocycles. The lowest BCUT2D eigenvalue weighted by molar-refractivity contribution is -0.885. The number of hydrogen-bond acceptors (Lipinski definition) is 2. The standard InChI is InChI=1S/C20H24BrN3O2/c1-13-5-6-14(2)18(11-13)23-19(25)12-24(4)15(3)20(26)22-17-9-7-16(21)8-10-17/h5-11,15H,12H2,1-4H3,(H,22,26)(H,23,25)/p+1/t15-/m1/s1. The van der Waals surface area contributed by atoms with E-state index in [2.05, 4.69) is 26.6 Å². The summed E-state index contributed by atoms with van der Waals surface area (Å²) >= 11 is 3.37. The number of likely N-dealkylation sites (N-methyl/N-ethyl adjacent to an activating group) is 1. The van der Waals surface area contributed by atoms with Crippen LogP contribution in [-0.2, 0) is 9.59 Å². The van der Waals surface area contributed by atoms with E-state index in [-0.39, 0.29) is 24.4 Å². The number of amides is 2. The first-order valence-corrected chi connectivity index (χ1v) is 9.31. The summed E-state index contributed by atoms with van der Waals surface area (Å²) in [5.41, 5.74) is 3.66. The Morgan fingerprint density at radius 2 is 1.73 bits per heavy atom.